The van der Waals surface area contributed by atoms with Crippen LogP contribution in [0.2, 0.25) is 0 Å². The van der Waals surface area contributed by atoms with Crippen molar-refractivity contribution in [2.75, 3.05) is 6.61 Å². The zero-order valence-corrected chi connectivity index (χ0v) is 16.8. The molecular formula is C23H21F5O3. The first-order valence-corrected chi connectivity index (χ1v) is 9.73. The van der Waals surface area contributed by atoms with E-state index in [4.69, 9.17) is 9.84 Å². The van der Waals surface area contributed by atoms with Crippen LogP contribution in [0.3, 0.4) is 0 Å². The van der Waals surface area contributed by atoms with Gasteiger partial charge in [0.2, 0.25) is 0 Å². The maximum absolute atomic E-state index is 14.3. The van der Waals surface area contributed by atoms with Gasteiger partial charge in [0.1, 0.15) is 12.4 Å². The van der Waals surface area contributed by atoms with Gasteiger partial charge < -0.3 is 9.84 Å². The fourth-order valence-corrected chi connectivity index (χ4v) is 3.56. The van der Waals surface area contributed by atoms with E-state index in [0.717, 1.165) is 12.1 Å². The van der Waals surface area contributed by atoms with Crippen LogP contribution in [0.25, 0.3) is 5.57 Å². The van der Waals surface area contributed by atoms with Crippen LogP contribution < -0.4 is 4.74 Å². The SMILES string of the molecule is Cc1ccc(C2=C(COc3c(F)cc(CCC(=O)O)cc3F)CC(F)(F)CC2)cc1F. The Hall–Kier alpha value is -2.90. The van der Waals surface area contributed by atoms with E-state index in [1.807, 2.05) is 0 Å². The zero-order chi connectivity index (χ0) is 22.8. The standard InChI is InChI=1S/C23H21F5O3/c1-13-2-4-15(10-18(13)24)17-6-7-23(27,28)11-16(17)12-31-22-19(25)8-14(9-20(22)26)3-5-21(29)30/h2,4,8-10H,3,5-7,11-12H2,1H3,(H,29,30). The molecule has 8 heteroatoms. The van der Waals surface area contributed by atoms with Crippen LogP contribution in [-0.2, 0) is 11.2 Å². The molecule has 0 amide bonds. The number of aliphatic carboxylic acids is 1. The van der Waals surface area contributed by atoms with Crippen LogP contribution >= 0.6 is 0 Å². The number of carboxylic acid groups (broad SMARTS) is 1. The minimum Gasteiger partial charge on any atom is -0.483 e. The lowest BCUT2D eigenvalue weighted by Crippen LogP contribution is -2.24. The molecule has 0 radical (unpaired) electrons. The fourth-order valence-electron chi connectivity index (χ4n) is 3.56. The lowest BCUT2D eigenvalue weighted by atomic mass is 9.85. The van der Waals surface area contributed by atoms with Crippen LogP contribution in [-0.4, -0.2) is 23.6 Å². The van der Waals surface area contributed by atoms with Gasteiger partial charge in [-0.15, -0.1) is 0 Å². The highest BCUT2D eigenvalue weighted by molar-refractivity contribution is 5.70. The molecule has 2 aromatic rings. The van der Waals surface area contributed by atoms with Gasteiger partial charge in [-0.05, 0) is 65.8 Å². The number of alkyl halides is 2. The molecule has 1 aliphatic rings. The summed E-state index contributed by atoms with van der Waals surface area (Å²) in [5.74, 6) is -7.40. The van der Waals surface area contributed by atoms with Crippen molar-refractivity contribution in [2.24, 2.45) is 0 Å². The van der Waals surface area contributed by atoms with Gasteiger partial charge in [-0.1, -0.05) is 12.1 Å². The van der Waals surface area contributed by atoms with Crippen LogP contribution in [0.4, 0.5) is 22.0 Å². The molecule has 0 atom stereocenters. The number of halogens is 5. The third-order valence-electron chi connectivity index (χ3n) is 5.24. The van der Waals surface area contributed by atoms with Gasteiger partial charge in [0.15, 0.2) is 17.4 Å². The molecule has 2 aromatic carbocycles. The Morgan fingerprint density at radius 2 is 1.77 bits per heavy atom. The Bertz CT molecular complexity index is 1010. The Labute approximate surface area is 176 Å². The van der Waals surface area contributed by atoms with Gasteiger partial charge >= 0.3 is 5.97 Å². The maximum atomic E-state index is 14.3. The molecule has 166 valence electrons. The first-order chi connectivity index (χ1) is 14.6. The van der Waals surface area contributed by atoms with E-state index in [9.17, 15) is 26.7 Å². The second-order valence-corrected chi connectivity index (χ2v) is 7.65. The molecule has 3 nitrogen and oxygen atoms in total. The molecule has 0 saturated heterocycles. The summed E-state index contributed by atoms with van der Waals surface area (Å²) in [6, 6.07) is 6.34. The van der Waals surface area contributed by atoms with Crippen molar-refractivity contribution in [3.8, 4) is 5.75 Å². The quantitative estimate of drug-likeness (QED) is 0.531. The highest BCUT2D eigenvalue weighted by atomic mass is 19.3. The summed E-state index contributed by atoms with van der Waals surface area (Å²) < 4.78 is 75.9. The second kappa shape index (κ2) is 9.08. The Morgan fingerprint density at radius 3 is 2.39 bits per heavy atom. The molecule has 0 fully saturated rings. The van der Waals surface area contributed by atoms with Crippen LogP contribution in [0, 0.1) is 24.4 Å². The van der Waals surface area contributed by atoms with Crippen LogP contribution in [0.15, 0.2) is 35.9 Å². The van der Waals surface area contributed by atoms with Crippen molar-refractivity contribution in [3.63, 3.8) is 0 Å². The number of hydrogen-bond donors (Lipinski definition) is 1. The summed E-state index contributed by atoms with van der Waals surface area (Å²) in [6.45, 7) is 1.10. The van der Waals surface area contributed by atoms with E-state index in [2.05, 4.69) is 0 Å². The molecule has 0 aliphatic heterocycles. The molecule has 3 rings (SSSR count). The molecule has 0 unspecified atom stereocenters. The predicted octanol–water partition coefficient (Wildman–Crippen LogP) is 6.08. The van der Waals surface area contributed by atoms with E-state index in [0.29, 0.717) is 16.7 Å². The normalized spacial score (nSPS) is 15.8. The van der Waals surface area contributed by atoms with Gasteiger partial charge in [-0.25, -0.2) is 22.0 Å². The molecule has 0 saturated carbocycles. The second-order valence-electron chi connectivity index (χ2n) is 7.65. The molecule has 1 aliphatic carbocycles. The number of benzene rings is 2. The Kier molecular flexibility index (Phi) is 6.67. The lowest BCUT2D eigenvalue weighted by molar-refractivity contribution is -0.136. The minimum absolute atomic E-state index is 0.0206. The van der Waals surface area contributed by atoms with Crippen molar-refractivity contribution in [1.82, 2.24) is 0 Å². The number of carboxylic acids is 1. The van der Waals surface area contributed by atoms with E-state index in [1.54, 1.807) is 13.0 Å². The number of rotatable bonds is 7. The minimum atomic E-state index is -3.00. The molecular weight excluding hydrogens is 419 g/mol. The van der Waals surface area contributed by atoms with Gasteiger partial charge in [-0.2, -0.15) is 0 Å². The van der Waals surface area contributed by atoms with Crippen molar-refractivity contribution in [1.29, 1.82) is 0 Å². The van der Waals surface area contributed by atoms with Gasteiger partial charge in [0, 0.05) is 19.3 Å². The number of ether oxygens (including phenoxy) is 1. The first kappa shape index (κ1) is 22.8. The average Bonchev–Trinajstić information content (AvgIpc) is 2.67. The van der Waals surface area contributed by atoms with E-state index in [-0.39, 0.29) is 30.4 Å². The fraction of sp³-hybridized carbons (Fsp3) is 0.348. The number of aryl methyl sites for hydroxylation is 2. The van der Waals surface area contributed by atoms with Crippen molar-refractivity contribution in [2.45, 2.75) is 45.0 Å². The monoisotopic (exact) mass is 440 g/mol. The van der Waals surface area contributed by atoms with Gasteiger partial charge in [0.05, 0.1) is 0 Å². The number of hydrogen-bond acceptors (Lipinski definition) is 2. The van der Waals surface area contributed by atoms with Crippen LogP contribution in [0.1, 0.15) is 42.4 Å². The maximum Gasteiger partial charge on any atom is 0.303 e. The van der Waals surface area contributed by atoms with E-state index >= 15 is 0 Å². The van der Waals surface area contributed by atoms with Crippen molar-refractivity contribution in [3.05, 3.63) is 70.0 Å². The predicted molar refractivity (Wildman–Crippen MR) is 105 cm³/mol. The average molecular weight is 440 g/mol. The number of carbonyl (C=O) groups is 1. The summed E-state index contributed by atoms with van der Waals surface area (Å²) in [7, 11) is 0. The molecule has 0 bridgehead atoms. The number of allylic oxidation sites excluding steroid dienone is 1. The molecule has 0 aromatic heterocycles. The van der Waals surface area contributed by atoms with Gasteiger partial charge in [0.25, 0.3) is 5.92 Å². The summed E-state index contributed by atoms with van der Waals surface area (Å²) >= 11 is 0. The van der Waals surface area contributed by atoms with E-state index in [1.165, 1.54) is 12.1 Å². The summed E-state index contributed by atoms with van der Waals surface area (Å²) in [6.07, 6.45) is -1.45. The van der Waals surface area contributed by atoms with Crippen molar-refractivity contribution < 1.29 is 36.6 Å². The van der Waals surface area contributed by atoms with E-state index < -0.39 is 54.5 Å². The third kappa shape index (κ3) is 5.62. The first-order valence-electron chi connectivity index (χ1n) is 9.73. The third-order valence-corrected chi connectivity index (χ3v) is 5.24. The Balaban J connectivity index is 1.86. The molecule has 31 heavy (non-hydrogen) atoms. The molecule has 0 spiro atoms. The molecule has 1 N–H and O–H groups in total. The lowest BCUT2D eigenvalue weighted by Gasteiger charge is -2.28. The van der Waals surface area contributed by atoms with Crippen molar-refractivity contribution >= 4 is 11.5 Å². The zero-order valence-electron chi connectivity index (χ0n) is 16.8. The topological polar surface area (TPSA) is 46.5 Å². The highest BCUT2D eigenvalue weighted by Crippen LogP contribution is 2.41. The smallest absolute Gasteiger partial charge is 0.303 e. The van der Waals surface area contributed by atoms with Gasteiger partial charge in [-0.3, -0.25) is 4.79 Å². The Morgan fingerprint density at radius 1 is 1.10 bits per heavy atom. The largest absolute Gasteiger partial charge is 0.483 e. The summed E-state index contributed by atoms with van der Waals surface area (Å²) in [5.41, 5.74) is 1.61. The summed E-state index contributed by atoms with van der Waals surface area (Å²) in [4.78, 5) is 10.6. The van der Waals surface area contributed by atoms with Crippen LogP contribution in [0.5, 0.6) is 5.75 Å². The summed E-state index contributed by atoms with van der Waals surface area (Å²) in [5, 5.41) is 8.69. The molecule has 0 heterocycles. The highest BCUT2D eigenvalue weighted by Gasteiger charge is 2.36.